The Morgan fingerprint density at radius 3 is 2.12 bits per heavy atom. The summed E-state index contributed by atoms with van der Waals surface area (Å²) in [6, 6.07) is 0. The summed E-state index contributed by atoms with van der Waals surface area (Å²) in [6.45, 7) is 4.66. The normalized spacial score (nSPS) is 18.5. The van der Waals surface area contributed by atoms with Crippen molar-refractivity contribution in [3.05, 3.63) is 0 Å². The van der Waals surface area contributed by atoms with Gasteiger partial charge in [0.2, 0.25) is 0 Å². The van der Waals surface area contributed by atoms with Crippen molar-refractivity contribution in [3.8, 4) is 0 Å². The SMILES string of the molecule is CCCC(CBr)(CCC)CSC1CCCCC1. The van der Waals surface area contributed by atoms with Crippen LogP contribution in [0.1, 0.15) is 71.6 Å². The molecule has 0 atom stereocenters. The van der Waals surface area contributed by atoms with Gasteiger partial charge in [0.05, 0.1) is 0 Å². The molecule has 0 bridgehead atoms. The van der Waals surface area contributed by atoms with E-state index in [0.717, 1.165) is 5.25 Å². The number of hydrogen-bond acceptors (Lipinski definition) is 1. The fourth-order valence-electron chi connectivity index (χ4n) is 3.03. The molecule has 0 amide bonds. The average molecular weight is 321 g/mol. The maximum Gasteiger partial charge on any atom is 0.00958 e. The van der Waals surface area contributed by atoms with E-state index >= 15 is 0 Å². The Kier molecular flexibility index (Phi) is 8.27. The largest absolute Gasteiger partial charge is 0.158 e. The number of hydrogen-bond donors (Lipinski definition) is 0. The molecule has 0 aromatic carbocycles. The quantitative estimate of drug-likeness (QED) is 0.492. The van der Waals surface area contributed by atoms with Crippen LogP contribution >= 0.6 is 27.7 Å². The van der Waals surface area contributed by atoms with Crippen LogP contribution in [0.2, 0.25) is 0 Å². The number of rotatable bonds is 8. The molecule has 17 heavy (non-hydrogen) atoms. The Hall–Kier alpha value is 0.830. The second kappa shape index (κ2) is 8.85. The van der Waals surface area contributed by atoms with Crippen LogP contribution in [0.3, 0.4) is 0 Å². The zero-order chi connectivity index (χ0) is 12.6. The molecule has 1 fully saturated rings. The molecule has 0 aromatic heterocycles. The van der Waals surface area contributed by atoms with Crippen LogP contribution in [0.25, 0.3) is 0 Å². The van der Waals surface area contributed by atoms with Gasteiger partial charge in [-0.25, -0.2) is 0 Å². The third-order valence-electron chi connectivity index (χ3n) is 4.02. The van der Waals surface area contributed by atoms with Crippen molar-refractivity contribution in [2.45, 2.75) is 76.9 Å². The molecule has 1 aliphatic rings. The van der Waals surface area contributed by atoms with Gasteiger partial charge < -0.3 is 0 Å². The van der Waals surface area contributed by atoms with Crippen molar-refractivity contribution in [2.24, 2.45) is 5.41 Å². The monoisotopic (exact) mass is 320 g/mol. The van der Waals surface area contributed by atoms with E-state index in [1.807, 2.05) is 0 Å². The lowest BCUT2D eigenvalue weighted by Crippen LogP contribution is -2.27. The van der Waals surface area contributed by atoms with Gasteiger partial charge in [0.15, 0.2) is 0 Å². The molecule has 0 heterocycles. The first-order valence-electron chi connectivity index (χ1n) is 7.44. The minimum Gasteiger partial charge on any atom is -0.158 e. The molecule has 0 nitrogen and oxygen atoms in total. The highest BCUT2D eigenvalue weighted by Crippen LogP contribution is 2.39. The van der Waals surface area contributed by atoms with Crippen LogP contribution in [0.5, 0.6) is 0 Å². The lowest BCUT2D eigenvalue weighted by atomic mass is 9.83. The van der Waals surface area contributed by atoms with Gasteiger partial charge in [-0.1, -0.05) is 61.9 Å². The highest BCUT2D eigenvalue weighted by molar-refractivity contribution is 9.09. The van der Waals surface area contributed by atoms with Crippen LogP contribution < -0.4 is 0 Å². The Morgan fingerprint density at radius 2 is 1.65 bits per heavy atom. The van der Waals surface area contributed by atoms with Gasteiger partial charge in [-0.3, -0.25) is 0 Å². The molecular weight excluding hydrogens is 292 g/mol. The summed E-state index contributed by atoms with van der Waals surface area (Å²) in [5.41, 5.74) is 0.575. The summed E-state index contributed by atoms with van der Waals surface area (Å²) in [7, 11) is 0. The maximum absolute atomic E-state index is 3.79. The van der Waals surface area contributed by atoms with Gasteiger partial charge >= 0.3 is 0 Å². The van der Waals surface area contributed by atoms with E-state index in [4.69, 9.17) is 0 Å². The Balaban J connectivity index is 2.40. The first-order chi connectivity index (χ1) is 8.26. The fraction of sp³-hybridized carbons (Fsp3) is 1.00. The lowest BCUT2D eigenvalue weighted by molar-refractivity contribution is 0.319. The van der Waals surface area contributed by atoms with Crippen LogP contribution in [0.15, 0.2) is 0 Å². The molecule has 0 N–H and O–H groups in total. The zero-order valence-corrected chi connectivity index (χ0v) is 14.0. The first-order valence-corrected chi connectivity index (χ1v) is 9.61. The molecule has 2 heteroatoms. The number of alkyl halides is 1. The Bertz CT molecular complexity index is 181. The molecular formula is C15H29BrS. The summed E-state index contributed by atoms with van der Waals surface area (Å²) < 4.78 is 0. The topological polar surface area (TPSA) is 0 Å². The van der Waals surface area contributed by atoms with Crippen LogP contribution in [-0.4, -0.2) is 16.3 Å². The highest BCUT2D eigenvalue weighted by atomic mass is 79.9. The van der Waals surface area contributed by atoms with Crippen molar-refractivity contribution in [3.63, 3.8) is 0 Å². The third kappa shape index (κ3) is 5.55. The minimum absolute atomic E-state index is 0.575. The lowest BCUT2D eigenvalue weighted by Gasteiger charge is -2.33. The zero-order valence-electron chi connectivity index (χ0n) is 11.6. The van der Waals surface area contributed by atoms with E-state index in [1.165, 1.54) is 68.9 Å². The molecule has 0 aromatic rings. The number of thioether (sulfide) groups is 1. The van der Waals surface area contributed by atoms with Crippen molar-refractivity contribution in [1.29, 1.82) is 0 Å². The van der Waals surface area contributed by atoms with Crippen molar-refractivity contribution in [2.75, 3.05) is 11.1 Å². The average Bonchev–Trinajstić information content (AvgIpc) is 2.38. The molecule has 1 rings (SSSR count). The van der Waals surface area contributed by atoms with Gasteiger partial charge in [-0.2, -0.15) is 11.8 Å². The van der Waals surface area contributed by atoms with E-state index in [0.29, 0.717) is 5.41 Å². The summed E-state index contributed by atoms with van der Waals surface area (Å²) in [4.78, 5) is 0. The molecule has 1 aliphatic carbocycles. The number of halogens is 1. The predicted octanol–water partition coefficient (Wildman–Crippen LogP) is 6.03. The molecule has 0 unspecified atom stereocenters. The van der Waals surface area contributed by atoms with Crippen molar-refractivity contribution >= 4 is 27.7 Å². The van der Waals surface area contributed by atoms with E-state index < -0.39 is 0 Å². The summed E-state index contributed by atoms with van der Waals surface area (Å²) in [5.74, 6) is 1.38. The predicted molar refractivity (Wildman–Crippen MR) is 85.4 cm³/mol. The van der Waals surface area contributed by atoms with E-state index in [2.05, 4.69) is 41.5 Å². The van der Waals surface area contributed by atoms with Gasteiger partial charge in [-0.15, -0.1) is 0 Å². The Labute approximate surface area is 121 Å². The summed E-state index contributed by atoms with van der Waals surface area (Å²) in [6.07, 6.45) is 12.8. The molecule has 0 aliphatic heterocycles. The third-order valence-corrected chi connectivity index (χ3v) is 6.93. The van der Waals surface area contributed by atoms with Gasteiger partial charge in [0, 0.05) is 10.6 Å². The molecule has 0 radical (unpaired) electrons. The van der Waals surface area contributed by atoms with Crippen molar-refractivity contribution in [1.82, 2.24) is 0 Å². The standard InChI is InChI=1S/C15H29BrS/c1-3-10-15(12-16,11-4-2)13-17-14-8-6-5-7-9-14/h14H,3-13H2,1-2H3. The smallest absolute Gasteiger partial charge is 0.00958 e. The molecule has 1 saturated carbocycles. The first kappa shape index (κ1) is 15.9. The van der Waals surface area contributed by atoms with Gasteiger partial charge in [0.25, 0.3) is 0 Å². The molecule has 0 spiro atoms. The second-order valence-electron chi connectivity index (χ2n) is 5.70. The van der Waals surface area contributed by atoms with Crippen LogP contribution in [0.4, 0.5) is 0 Å². The van der Waals surface area contributed by atoms with E-state index in [-0.39, 0.29) is 0 Å². The van der Waals surface area contributed by atoms with E-state index in [1.54, 1.807) is 0 Å². The van der Waals surface area contributed by atoms with Crippen LogP contribution in [0, 0.1) is 5.41 Å². The van der Waals surface area contributed by atoms with Crippen molar-refractivity contribution < 1.29 is 0 Å². The summed E-state index contributed by atoms with van der Waals surface area (Å²) in [5, 5.41) is 2.16. The van der Waals surface area contributed by atoms with Gasteiger partial charge in [-0.05, 0) is 36.9 Å². The maximum atomic E-state index is 3.79. The van der Waals surface area contributed by atoms with Gasteiger partial charge in [0.1, 0.15) is 0 Å². The van der Waals surface area contributed by atoms with E-state index in [9.17, 15) is 0 Å². The summed E-state index contributed by atoms with van der Waals surface area (Å²) >= 11 is 6.07. The highest BCUT2D eigenvalue weighted by Gasteiger charge is 2.28. The molecule has 0 saturated heterocycles. The minimum atomic E-state index is 0.575. The van der Waals surface area contributed by atoms with Crippen LogP contribution in [-0.2, 0) is 0 Å². The fourth-order valence-corrected chi connectivity index (χ4v) is 5.70. The Morgan fingerprint density at radius 1 is 1.06 bits per heavy atom. The second-order valence-corrected chi connectivity index (χ2v) is 7.55. The molecule has 102 valence electrons.